The first-order valence-electron chi connectivity index (χ1n) is 7.09. The molecule has 0 aliphatic rings. The van der Waals surface area contributed by atoms with Crippen LogP contribution in [0.4, 0.5) is 0 Å². The number of thiazole rings is 1. The highest BCUT2D eigenvalue weighted by molar-refractivity contribution is 7.07. The molecule has 0 spiro atoms. The van der Waals surface area contributed by atoms with Crippen molar-refractivity contribution in [1.29, 1.82) is 0 Å². The van der Waals surface area contributed by atoms with E-state index in [0.29, 0.717) is 23.7 Å². The highest BCUT2D eigenvalue weighted by atomic mass is 32.1. The Morgan fingerprint density at radius 2 is 2.15 bits per heavy atom. The number of aromatic nitrogens is 3. The van der Waals surface area contributed by atoms with Crippen LogP contribution < -0.4 is 5.32 Å². The van der Waals surface area contributed by atoms with E-state index in [1.54, 1.807) is 5.51 Å². The van der Waals surface area contributed by atoms with E-state index in [2.05, 4.69) is 48.1 Å². The van der Waals surface area contributed by atoms with Gasteiger partial charge in [-0.05, 0) is 25.8 Å². The Kier molecular flexibility index (Phi) is 5.25. The summed E-state index contributed by atoms with van der Waals surface area (Å²) in [5.74, 6) is 1.91. The zero-order valence-corrected chi connectivity index (χ0v) is 13.3. The van der Waals surface area contributed by atoms with Gasteiger partial charge in [0.1, 0.15) is 5.69 Å². The van der Waals surface area contributed by atoms with Crippen molar-refractivity contribution < 1.29 is 4.52 Å². The molecule has 1 N–H and O–H groups in total. The Morgan fingerprint density at radius 1 is 1.35 bits per heavy atom. The van der Waals surface area contributed by atoms with Gasteiger partial charge in [-0.3, -0.25) is 0 Å². The molecule has 2 unspecified atom stereocenters. The second-order valence-corrected chi connectivity index (χ2v) is 6.06. The lowest BCUT2D eigenvalue weighted by Gasteiger charge is -2.24. The molecule has 0 fully saturated rings. The number of nitrogens with one attached hydrogen (secondary N) is 1. The molecule has 0 radical (unpaired) electrons. The monoisotopic (exact) mass is 294 g/mol. The Morgan fingerprint density at radius 3 is 2.75 bits per heavy atom. The van der Waals surface area contributed by atoms with E-state index in [4.69, 9.17) is 4.52 Å². The van der Waals surface area contributed by atoms with Gasteiger partial charge < -0.3 is 9.84 Å². The molecule has 2 rings (SSSR count). The molecule has 5 nitrogen and oxygen atoms in total. The summed E-state index contributed by atoms with van der Waals surface area (Å²) in [6, 6.07) is 0.304. The first kappa shape index (κ1) is 15.1. The average Bonchev–Trinajstić information content (AvgIpc) is 3.06. The van der Waals surface area contributed by atoms with Gasteiger partial charge in [-0.15, -0.1) is 11.3 Å². The van der Waals surface area contributed by atoms with Crippen molar-refractivity contribution in [2.24, 2.45) is 5.92 Å². The fourth-order valence-electron chi connectivity index (χ4n) is 2.37. The van der Waals surface area contributed by atoms with Crippen molar-refractivity contribution >= 4 is 11.3 Å². The van der Waals surface area contributed by atoms with Gasteiger partial charge >= 0.3 is 0 Å². The van der Waals surface area contributed by atoms with E-state index in [-0.39, 0.29) is 5.92 Å². The average molecular weight is 294 g/mol. The summed E-state index contributed by atoms with van der Waals surface area (Å²) in [4.78, 5) is 8.75. The maximum absolute atomic E-state index is 5.48. The molecule has 0 saturated heterocycles. The number of rotatable bonds is 7. The Bertz CT molecular complexity index is 509. The third-order valence-corrected chi connectivity index (χ3v) is 3.95. The van der Waals surface area contributed by atoms with Crippen molar-refractivity contribution in [3.8, 4) is 11.5 Å². The van der Waals surface area contributed by atoms with Crippen molar-refractivity contribution in [2.75, 3.05) is 6.54 Å². The maximum Gasteiger partial charge on any atom is 0.231 e. The van der Waals surface area contributed by atoms with Gasteiger partial charge in [-0.1, -0.05) is 25.9 Å². The van der Waals surface area contributed by atoms with E-state index < -0.39 is 0 Å². The van der Waals surface area contributed by atoms with Crippen LogP contribution in [-0.2, 0) is 0 Å². The fourth-order valence-corrected chi connectivity index (χ4v) is 2.90. The van der Waals surface area contributed by atoms with Gasteiger partial charge in [-0.2, -0.15) is 4.98 Å². The lowest BCUT2D eigenvalue weighted by Crippen LogP contribution is -2.35. The summed E-state index contributed by atoms with van der Waals surface area (Å²) in [6.45, 7) is 9.70. The van der Waals surface area contributed by atoms with Gasteiger partial charge in [0.2, 0.25) is 11.7 Å². The standard InChI is InChI=1S/C14H22N4OS/c1-5-6-15-10(4)12(9(2)3)14-17-13(18-19-14)11-7-20-8-16-11/h7-10,12,15H,5-6H2,1-4H3. The van der Waals surface area contributed by atoms with Gasteiger partial charge in [0, 0.05) is 11.4 Å². The first-order chi connectivity index (χ1) is 9.63. The summed E-state index contributed by atoms with van der Waals surface area (Å²) in [7, 11) is 0. The first-order valence-corrected chi connectivity index (χ1v) is 8.03. The van der Waals surface area contributed by atoms with Crippen LogP contribution in [0, 0.1) is 5.92 Å². The molecule has 6 heteroatoms. The Hall–Kier alpha value is -1.27. The predicted octanol–water partition coefficient (Wildman–Crippen LogP) is 3.32. The van der Waals surface area contributed by atoms with Gasteiger partial charge in [0.05, 0.1) is 11.4 Å². The Balaban J connectivity index is 2.17. The smallest absolute Gasteiger partial charge is 0.231 e. The van der Waals surface area contributed by atoms with Crippen LogP contribution in [-0.4, -0.2) is 27.7 Å². The molecule has 0 amide bonds. The van der Waals surface area contributed by atoms with Crippen LogP contribution in [0.15, 0.2) is 15.4 Å². The van der Waals surface area contributed by atoms with Gasteiger partial charge in [0.25, 0.3) is 0 Å². The molecule has 20 heavy (non-hydrogen) atoms. The molecule has 2 atom stereocenters. The van der Waals surface area contributed by atoms with E-state index >= 15 is 0 Å². The van der Waals surface area contributed by atoms with E-state index in [1.165, 1.54) is 11.3 Å². The number of hydrogen-bond acceptors (Lipinski definition) is 6. The zero-order valence-electron chi connectivity index (χ0n) is 12.5. The van der Waals surface area contributed by atoms with Crippen molar-refractivity contribution in [3.63, 3.8) is 0 Å². The van der Waals surface area contributed by atoms with Gasteiger partial charge in [-0.25, -0.2) is 4.98 Å². The van der Waals surface area contributed by atoms with Crippen molar-refractivity contribution in [3.05, 3.63) is 16.8 Å². The highest BCUT2D eigenvalue weighted by Crippen LogP contribution is 2.28. The quantitative estimate of drug-likeness (QED) is 0.848. The summed E-state index contributed by atoms with van der Waals surface area (Å²) in [5, 5.41) is 9.50. The molecule has 0 aromatic carbocycles. The topological polar surface area (TPSA) is 63.8 Å². The van der Waals surface area contributed by atoms with Crippen LogP contribution in [0.2, 0.25) is 0 Å². The van der Waals surface area contributed by atoms with Crippen LogP contribution in [0.3, 0.4) is 0 Å². The third kappa shape index (κ3) is 3.43. The minimum Gasteiger partial charge on any atom is -0.339 e. The summed E-state index contributed by atoms with van der Waals surface area (Å²) < 4.78 is 5.48. The molecule has 110 valence electrons. The molecular weight excluding hydrogens is 272 g/mol. The van der Waals surface area contributed by atoms with Crippen molar-refractivity contribution in [2.45, 2.75) is 46.1 Å². The molecule has 0 aliphatic carbocycles. The molecule has 0 bridgehead atoms. The summed E-state index contributed by atoms with van der Waals surface area (Å²) in [6.07, 6.45) is 1.11. The minimum atomic E-state index is 0.210. The molecule has 0 saturated carbocycles. The van der Waals surface area contributed by atoms with E-state index in [9.17, 15) is 0 Å². The SMILES string of the molecule is CCCNC(C)C(c1nc(-c2cscn2)no1)C(C)C. The molecule has 2 aromatic heterocycles. The molecule has 2 aromatic rings. The lowest BCUT2D eigenvalue weighted by molar-refractivity contribution is 0.280. The number of hydrogen-bond donors (Lipinski definition) is 1. The summed E-state index contributed by atoms with van der Waals surface area (Å²) in [5.41, 5.74) is 2.55. The second-order valence-electron chi connectivity index (χ2n) is 5.34. The summed E-state index contributed by atoms with van der Waals surface area (Å²) >= 11 is 1.53. The highest BCUT2D eigenvalue weighted by Gasteiger charge is 2.28. The van der Waals surface area contributed by atoms with E-state index in [0.717, 1.165) is 18.7 Å². The fraction of sp³-hybridized carbons (Fsp3) is 0.643. The van der Waals surface area contributed by atoms with Crippen molar-refractivity contribution in [1.82, 2.24) is 20.4 Å². The third-order valence-electron chi connectivity index (χ3n) is 3.36. The minimum absolute atomic E-state index is 0.210. The Labute approximate surface area is 123 Å². The second kappa shape index (κ2) is 6.95. The molecule has 2 heterocycles. The largest absolute Gasteiger partial charge is 0.339 e. The van der Waals surface area contributed by atoms with Crippen LogP contribution in [0.1, 0.15) is 45.9 Å². The zero-order chi connectivity index (χ0) is 14.5. The number of nitrogens with zero attached hydrogens (tertiary/aromatic N) is 3. The van der Waals surface area contributed by atoms with Crippen LogP contribution >= 0.6 is 11.3 Å². The van der Waals surface area contributed by atoms with Crippen LogP contribution in [0.5, 0.6) is 0 Å². The molecule has 0 aliphatic heterocycles. The normalized spacial score (nSPS) is 14.7. The van der Waals surface area contributed by atoms with E-state index in [1.807, 2.05) is 5.38 Å². The predicted molar refractivity (Wildman–Crippen MR) is 80.7 cm³/mol. The molecular formula is C14H22N4OS. The lowest BCUT2D eigenvalue weighted by atomic mass is 9.89. The maximum atomic E-state index is 5.48. The van der Waals surface area contributed by atoms with Crippen LogP contribution in [0.25, 0.3) is 11.5 Å². The van der Waals surface area contributed by atoms with Gasteiger partial charge in [0.15, 0.2) is 0 Å².